The lowest BCUT2D eigenvalue weighted by Crippen LogP contribution is -1.83. The standard InChI is InChI=1S/C5H9OP/c1-7-2-4-5(3-7)6-4/h4-5H,2-3H2,1H3/t4-,5+,7?. The largest absolute Gasteiger partial charge is 0.369 e. The van der Waals surface area contributed by atoms with Crippen LogP contribution in [-0.2, 0) is 4.74 Å². The predicted octanol–water partition coefficient (Wildman–Crippen LogP) is 0.879. The lowest BCUT2D eigenvalue weighted by atomic mass is 10.4. The Labute approximate surface area is 44.8 Å². The summed E-state index contributed by atoms with van der Waals surface area (Å²) in [4.78, 5) is 0. The van der Waals surface area contributed by atoms with Crippen LogP contribution in [0.2, 0.25) is 0 Å². The normalized spacial score (nSPS) is 57.0. The first-order chi connectivity index (χ1) is 3.36. The number of ether oxygens (including phenoxy) is 1. The molecule has 3 atom stereocenters. The lowest BCUT2D eigenvalue weighted by Gasteiger charge is -1.99. The van der Waals surface area contributed by atoms with Crippen molar-refractivity contribution in [2.24, 2.45) is 0 Å². The highest BCUT2D eigenvalue weighted by Crippen LogP contribution is 2.49. The fourth-order valence-electron chi connectivity index (χ4n) is 1.19. The molecule has 0 amide bonds. The SMILES string of the molecule is CP1C[C@@H]2O[C@@H]2C1. The summed E-state index contributed by atoms with van der Waals surface area (Å²) in [5, 5.41) is 0. The summed E-state index contributed by atoms with van der Waals surface area (Å²) in [5.41, 5.74) is 0. The van der Waals surface area contributed by atoms with Crippen LogP contribution in [0, 0.1) is 0 Å². The van der Waals surface area contributed by atoms with Crippen molar-refractivity contribution >= 4 is 7.92 Å². The van der Waals surface area contributed by atoms with Crippen LogP contribution in [0.4, 0.5) is 0 Å². The van der Waals surface area contributed by atoms with Crippen molar-refractivity contribution in [3.8, 4) is 0 Å². The zero-order valence-corrected chi connectivity index (χ0v) is 5.32. The molecule has 2 aliphatic heterocycles. The molecule has 0 aromatic rings. The van der Waals surface area contributed by atoms with E-state index in [0.717, 1.165) is 12.2 Å². The van der Waals surface area contributed by atoms with E-state index < -0.39 is 0 Å². The van der Waals surface area contributed by atoms with Gasteiger partial charge in [-0.2, -0.15) is 0 Å². The molecular weight excluding hydrogens is 107 g/mol. The van der Waals surface area contributed by atoms with Gasteiger partial charge in [-0.15, -0.1) is 7.92 Å². The van der Waals surface area contributed by atoms with Gasteiger partial charge in [0.2, 0.25) is 0 Å². The summed E-state index contributed by atoms with van der Waals surface area (Å²) in [5.74, 6) is 0. The minimum atomic E-state index is 0.420. The maximum absolute atomic E-state index is 5.24. The molecule has 0 aliphatic carbocycles. The Bertz CT molecular complexity index is 84.1. The minimum Gasteiger partial charge on any atom is -0.369 e. The van der Waals surface area contributed by atoms with Crippen molar-refractivity contribution in [1.82, 2.24) is 0 Å². The summed E-state index contributed by atoms with van der Waals surface area (Å²) in [6.45, 7) is 2.37. The van der Waals surface area contributed by atoms with Crippen molar-refractivity contribution in [3.63, 3.8) is 0 Å². The minimum absolute atomic E-state index is 0.420. The molecule has 40 valence electrons. The molecule has 2 rings (SSSR count). The predicted molar refractivity (Wildman–Crippen MR) is 31.2 cm³/mol. The molecule has 2 saturated heterocycles. The molecule has 0 saturated carbocycles. The molecule has 2 heterocycles. The fraction of sp³-hybridized carbons (Fsp3) is 1.00. The molecule has 0 aromatic heterocycles. The highest BCUT2D eigenvalue weighted by molar-refractivity contribution is 7.57. The number of epoxide rings is 1. The number of rotatable bonds is 0. The second-order valence-corrected chi connectivity index (χ2v) is 4.88. The van der Waals surface area contributed by atoms with Gasteiger partial charge in [0.25, 0.3) is 0 Å². The Morgan fingerprint density at radius 1 is 1.43 bits per heavy atom. The molecule has 0 N–H and O–H groups in total. The number of hydrogen-bond acceptors (Lipinski definition) is 1. The van der Waals surface area contributed by atoms with Gasteiger partial charge in [-0.3, -0.25) is 0 Å². The van der Waals surface area contributed by atoms with Crippen LogP contribution in [0.5, 0.6) is 0 Å². The third-order valence-corrected chi connectivity index (χ3v) is 3.64. The van der Waals surface area contributed by atoms with E-state index >= 15 is 0 Å². The first-order valence-electron chi connectivity index (χ1n) is 2.70. The Morgan fingerprint density at radius 3 is 2.29 bits per heavy atom. The molecule has 0 spiro atoms. The second kappa shape index (κ2) is 1.21. The Morgan fingerprint density at radius 2 is 2.00 bits per heavy atom. The average molecular weight is 116 g/mol. The van der Waals surface area contributed by atoms with E-state index in [-0.39, 0.29) is 0 Å². The van der Waals surface area contributed by atoms with E-state index in [1.807, 2.05) is 0 Å². The van der Waals surface area contributed by atoms with Gasteiger partial charge in [-0.1, -0.05) is 0 Å². The molecule has 1 nitrogen and oxygen atoms in total. The quantitative estimate of drug-likeness (QED) is 0.338. The topological polar surface area (TPSA) is 12.5 Å². The third-order valence-electron chi connectivity index (χ3n) is 1.67. The monoisotopic (exact) mass is 116 g/mol. The van der Waals surface area contributed by atoms with Gasteiger partial charge in [-0.05, 0) is 19.0 Å². The van der Waals surface area contributed by atoms with E-state index in [4.69, 9.17) is 4.74 Å². The van der Waals surface area contributed by atoms with E-state index in [2.05, 4.69) is 6.66 Å². The van der Waals surface area contributed by atoms with Gasteiger partial charge >= 0.3 is 0 Å². The molecule has 0 bridgehead atoms. The molecule has 2 fully saturated rings. The zero-order chi connectivity index (χ0) is 4.85. The van der Waals surface area contributed by atoms with Crippen LogP contribution < -0.4 is 0 Å². The summed E-state index contributed by atoms with van der Waals surface area (Å²) >= 11 is 0. The highest BCUT2D eigenvalue weighted by Gasteiger charge is 2.45. The van der Waals surface area contributed by atoms with Crippen LogP contribution in [0.25, 0.3) is 0 Å². The van der Waals surface area contributed by atoms with Gasteiger partial charge < -0.3 is 4.74 Å². The summed E-state index contributed by atoms with van der Waals surface area (Å²) in [7, 11) is 0.420. The van der Waals surface area contributed by atoms with Crippen LogP contribution in [-0.4, -0.2) is 31.2 Å². The maximum Gasteiger partial charge on any atom is 0.0884 e. The first-order valence-corrected chi connectivity index (χ1v) is 4.86. The summed E-state index contributed by atoms with van der Waals surface area (Å²) < 4.78 is 5.24. The Balaban J connectivity index is 2.02. The van der Waals surface area contributed by atoms with Crippen molar-refractivity contribution in [2.75, 3.05) is 19.0 Å². The molecule has 2 heteroatoms. The van der Waals surface area contributed by atoms with Crippen LogP contribution in [0.3, 0.4) is 0 Å². The zero-order valence-electron chi connectivity index (χ0n) is 4.42. The Hall–Kier alpha value is 0.390. The molecular formula is C5H9OP. The van der Waals surface area contributed by atoms with Gasteiger partial charge in [-0.25, -0.2) is 0 Å². The van der Waals surface area contributed by atoms with E-state index in [1.54, 1.807) is 0 Å². The summed E-state index contributed by atoms with van der Waals surface area (Å²) in [6, 6.07) is 0. The summed E-state index contributed by atoms with van der Waals surface area (Å²) in [6.07, 6.45) is 4.22. The van der Waals surface area contributed by atoms with Crippen molar-refractivity contribution in [1.29, 1.82) is 0 Å². The Kier molecular flexibility index (Phi) is 0.741. The van der Waals surface area contributed by atoms with Gasteiger partial charge in [0.15, 0.2) is 0 Å². The molecule has 0 radical (unpaired) electrons. The first kappa shape index (κ1) is 4.29. The third kappa shape index (κ3) is 0.595. The number of hydrogen-bond donors (Lipinski definition) is 0. The van der Waals surface area contributed by atoms with E-state index in [0.29, 0.717) is 7.92 Å². The van der Waals surface area contributed by atoms with Crippen molar-refractivity contribution in [3.05, 3.63) is 0 Å². The van der Waals surface area contributed by atoms with Gasteiger partial charge in [0, 0.05) is 0 Å². The smallest absolute Gasteiger partial charge is 0.0884 e. The maximum atomic E-state index is 5.24. The average Bonchev–Trinajstić information content (AvgIpc) is 2.15. The molecule has 7 heavy (non-hydrogen) atoms. The van der Waals surface area contributed by atoms with E-state index in [1.165, 1.54) is 12.3 Å². The number of fused-ring (bicyclic) bond motifs is 1. The molecule has 1 unspecified atom stereocenters. The highest BCUT2D eigenvalue weighted by atomic mass is 31.1. The lowest BCUT2D eigenvalue weighted by molar-refractivity contribution is 0.385. The van der Waals surface area contributed by atoms with Gasteiger partial charge in [0.1, 0.15) is 0 Å². The van der Waals surface area contributed by atoms with E-state index in [9.17, 15) is 0 Å². The molecule has 0 aromatic carbocycles. The van der Waals surface area contributed by atoms with Crippen LogP contribution in [0.15, 0.2) is 0 Å². The fourth-order valence-corrected chi connectivity index (χ4v) is 3.21. The van der Waals surface area contributed by atoms with Crippen molar-refractivity contribution in [2.45, 2.75) is 12.2 Å². The van der Waals surface area contributed by atoms with Crippen LogP contribution >= 0.6 is 7.92 Å². The second-order valence-electron chi connectivity index (χ2n) is 2.43. The van der Waals surface area contributed by atoms with Crippen molar-refractivity contribution < 1.29 is 4.74 Å². The van der Waals surface area contributed by atoms with Gasteiger partial charge in [0.05, 0.1) is 12.2 Å². The molecule has 2 aliphatic rings. The van der Waals surface area contributed by atoms with Crippen LogP contribution in [0.1, 0.15) is 0 Å².